The SMILES string of the molecule is Cl.O=S(=O)(c1ccc(F)c(F)c1)N1CCC2CCC(C1)N2. The van der Waals surface area contributed by atoms with Gasteiger partial charge in [0.15, 0.2) is 11.6 Å². The third-order valence-electron chi connectivity index (χ3n) is 4.01. The van der Waals surface area contributed by atoms with Crippen molar-refractivity contribution >= 4 is 22.4 Å². The van der Waals surface area contributed by atoms with Crippen LogP contribution in [0.4, 0.5) is 8.78 Å². The van der Waals surface area contributed by atoms with Crippen LogP contribution in [0.15, 0.2) is 23.1 Å². The molecule has 0 spiro atoms. The van der Waals surface area contributed by atoms with Crippen molar-refractivity contribution in [2.75, 3.05) is 13.1 Å². The Bertz CT molecular complexity index is 627. The number of nitrogens with one attached hydrogen (secondary N) is 1. The molecule has 0 radical (unpaired) electrons. The molecule has 118 valence electrons. The van der Waals surface area contributed by atoms with E-state index in [0.717, 1.165) is 37.5 Å². The second-order valence-corrected chi connectivity index (χ2v) is 7.30. The third kappa shape index (κ3) is 3.21. The fourth-order valence-corrected chi connectivity index (χ4v) is 4.43. The molecule has 2 saturated heterocycles. The summed E-state index contributed by atoms with van der Waals surface area (Å²) >= 11 is 0. The molecule has 4 nitrogen and oxygen atoms in total. The molecule has 21 heavy (non-hydrogen) atoms. The van der Waals surface area contributed by atoms with Crippen LogP contribution in [0.3, 0.4) is 0 Å². The smallest absolute Gasteiger partial charge is 0.243 e. The second kappa shape index (κ2) is 6.16. The second-order valence-electron chi connectivity index (χ2n) is 5.37. The Morgan fingerprint density at radius 3 is 2.52 bits per heavy atom. The minimum absolute atomic E-state index is 0. The van der Waals surface area contributed by atoms with Gasteiger partial charge < -0.3 is 5.32 Å². The van der Waals surface area contributed by atoms with Gasteiger partial charge in [-0.05, 0) is 37.5 Å². The summed E-state index contributed by atoms with van der Waals surface area (Å²) in [4.78, 5) is -0.186. The van der Waals surface area contributed by atoms with Gasteiger partial charge in [0.2, 0.25) is 10.0 Å². The van der Waals surface area contributed by atoms with Crippen LogP contribution in [0, 0.1) is 11.6 Å². The van der Waals surface area contributed by atoms with Crippen molar-refractivity contribution in [1.29, 1.82) is 0 Å². The molecule has 2 bridgehead atoms. The molecular formula is C13H17ClF2N2O2S. The van der Waals surface area contributed by atoms with E-state index in [-0.39, 0.29) is 23.3 Å². The van der Waals surface area contributed by atoms with Crippen molar-refractivity contribution in [2.45, 2.75) is 36.2 Å². The van der Waals surface area contributed by atoms with Gasteiger partial charge in [0.25, 0.3) is 0 Å². The molecule has 2 atom stereocenters. The maximum absolute atomic E-state index is 13.2. The van der Waals surface area contributed by atoms with Gasteiger partial charge in [-0.25, -0.2) is 17.2 Å². The normalized spacial score (nSPS) is 26.2. The average Bonchev–Trinajstić information content (AvgIpc) is 2.71. The number of halogens is 3. The predicted molar refractivity (Wildman–Crippen MR) is 76.9 cm³/mol. The van der Waals surface area contributed by atoms with Crippen molar-refractivity contribution in [3.05, 3.63) is 29.8 Å². The van der Waals surface area contributed by atoms with Gasteiger partial charge in [-0.1, -0.05) is 0 Å². The van der Waals surface area contributed by atoms with Crippen molar-refractivity contribution in [3.8, 4) is 0 Å². The Hall–Kier alpha value is -0.760. The van der Waals surface area contributed by atoms with Crippen molar-refractivity contribution in [3.63, 3.8) is 0 Å². The summed E-state index contributed by atoms with van der Waals surface area (Å²) in [6.07, 6.45) is 2.78. The van der Waals surface area contributed by atoms with Crippen LogP contribution in [0.25, 0.3) is 0 Å². The molecule has 8 heteroatoms. The van der Waals surface area contributed by atoms with Crippen LogP contribution in [-0.2, 0) is 10.0 Å². The molecule has 2 aliphatic heterocycles. The predicted octanol–water partition coefficient (Wildman–Crippen LogP) is 1.90. The zero-order chi connectivity index (χ0) is 14.3. The number of sulfonamides is 1. The van der Waals surface area contributed by atoms with E-state index in [1.165, 1.54) is 4.31 Å². The fourth-order valence-electron chi connectivity index (χ4n) is 2.92. The van der Waals surface area contributed by atoms with E-state index in [1.807, 2.05) is 0 Å². The topological polar surface area (TPSA) is 49.4 Å². The number of rotatable bonds is 2. The van der Waals surface area contributed by atoms with E-state index < -0.39 is 21.7 Å². The van der Waals surface area contributed by atoms with Gasteiger partial charge in [-0.2, -0.15) is 4.31 Å². The molecular weight excluding hydrogens is 322 g/mol. The largest absolute Gasteiger partial charge is 0.310 e. The Kier molecular flexibility index (Phi) is 4.87. The molecule has 2 heterocycles. The van der Waals surface area contributed by atoms with Crippen LogP contribution < -0.4 is 5.32 Å². The van der Waals surface area contributed by atoms with E-state index in [4.69, 9.17) is 0 Å². The number of hydrogen-bond donors (Lipinski definition) is 1. The molecule has 3 rings (SSSR count). The van der Waals surface area contributed by atoms with Gasteiger partial charge >= 0.3 is 0 Å². The minimum Gasteiger partial charge on any atom is -0.310 e. The molecule has 0 aliphatic carbocycles. The van der Waals surface area contributed by atoms with E-state index in [0.29, 0.717) is 19.1 Å². The van der Waals surface area contributed by atoms with Gasteiger partial charge in [-0.15, -0.1) is 12.4 Å². The zero-order valence-electron chi connectivity index (χ0n) is 11.3. The fraction of sp³-hybridized carbons (Fsp3) is 0.538. The first-order chi connectivity index (χ1) is 9.46. The quantitative estimate of drug-likeness (QED) is 0.896. The van der Waals surface area contributed by atoms with Gasteiger partial charge in [0.05, 0.1) is 4.90 Å². The van der Waals surface area contributed by atoms with Crippen LogP contribution in [-0.4, -0.2) is 37.9 Å². The van der Waals surface area contributed by atoms with E-state index >= 15 is 0 Å². The highest BCUT2D eigenvalue weighted by Gasteiger charge is 2.35. The standard InChI is InChI=1S/C13H16F2N2O2S.ClH/c14-12-4-3-11(7-13(12)15)20(18,19)17-6-5-9-1-2-10(8-17)16-9;/h3-4,7,9-10,16H,1-2,5-6,8H2;1H. The van der Waals surface area contributed by atoms with Crippen LogP contribution in [0.2, 0.25) is 0 Å². The lowest BCUT2D eigenvalue weighted by atomic mass is 10.1. The summed E-state index contributed by atoms with van der Waals surface area (Å²) in [6, 6.07) is 3.24. The summed E-state index contributed by atoms with van der Waals surface area (Å²) in [6.45, 7) is 0.799. The number of nitrogens with zero attached hydrogens (tertiary/aromatic N) is 1. The van der Waals surface area contributed by atoms with Crippen LogP contribution >= 0.6 is 12.4 Å². The Morgan fingerprint density at radius 1 is 1.10 bits per heavy atom. The lowest BCUT2D eigenvalue weighted by molar-refractivity contribution is 0.383. The highest BCUT2D eigenvalue weighted by Crippen LogP contribution is 2.25. The lowest BCUT2D eigenvalue weighted by Crippen LogP contribution is -2.39. The summed E-state index contributed by atoms with van der Waals surface area (Å²) in [7, 11) is -3.76. The molecule has 0 amide bonds. The zero-order valence-corrected chi connectivity index (χ0v) is 12.9. The molecule has 2 fully saturated rings. The maximum Gasteiger partial charge on any atom is 0.243 e. The van der Waals surface area contributed by atoms with Gasteiger partial charge in [0, 0.05) is 25.2 Å². The van der Waals surface area contributed by atoms with E-state index in [1.54, 1.807) is 0 Å². The van der Waals surface area contributed by atoms with Gasteiger partial charge in [-0.3, -0.25) is 0 Å². The Balaban J connectivity index is 0.00000161. The molecule has 0 aromatic heterocycles. The van der Waals surface area contributed by atoms with Crippen molar-refractivity contribution < 1.29 is 17.2 Å². The third-order valence-corrected chi connectivity index (χ3v) is 5.88. The lowest BCUT2D eigenvalue weighted by Gasteiger charge is -2.23. The highest BCUT2D eigenvalue weighted by atomic mass is 35.5. The first-order valence-electron chi connectivity index (χ1n) is 6.68. The number of fused-ring (bicyclic) bond motifs is 2. The Labute approximate surface area is 129 Å². The van der Waals surface area contributed by atoms with Crippen LogP contribution in [0.1, 0.15) is 19.3 Å². The summed E-state index contributed by atoms with van der Waals surface area (Å²) in [5.41, 5.74) is 0. The molecule has 1 N–H and O–H groups in total. The number of benzene rings is 1. The van der Waals surface area contributed by atoms with E-state index in [9.17, 15) is 17.2 Å². The summed E-state index contributed by atoms with van der Waals surface area (Å²) < 4.78 is 52.5. The monoisotopic (exact) mass is 338 g/mol. The maximum atomic E-state index is 13.2. The minimum atomic E-state index is -3.76. The van der Waals surface area contributed by atoms with E-state index in [2.05, 4.69) is 5.32 Å². The summed E-state index contributed by atoms with van der Waals surface area (Å²) in [5, 5.41) is 3.39. The van der Waals surface area contributed by atoms with Crippen molar-refractivity contribution in [2.24, 2.45) is 0 Å². The Morgan fingerprint density at radius 2 is 1.81 bits per heavy atom. The highest BCUT2D eigenvalue weighted by molar-refractivity contribution is 7.89. The molecule has 0 saturated carbocycles. The van der Waals surface area contributed by atoms with Crippen LogP contribution in [0.5, 0.6) is 0 Å². The first kappa shape index (κ1) is 16.6. The molecule has 2 unspecified atom stereocenters. The van der Waals surface area contributed by atoms with Gasteiger partial charge in [0.1, 0.15) is 0 Å². The number of hydrogen-bond acceptors (Lipinski definition) is 3. The molecule has 2 aliphatic rings. The molecule has 1 aromatic rings. The van der Waals surface area contributed by atoms with Crippen molar-refractivity contribution in [1.82, 2.24) is 9.62 Å². The summed E-state index contributed by atoms with van der Waals surface area (Å²) in [5.74, 6) is -2.18. The average molecular weight is 339 g/mol. The molecule has 1 aromatic carbocycles. The first-order valence-corrected chi connectivity index (χ1v) is 8.12.